The van der Waals surface area contributed by atoms with Crippen LogP contribution in [0.3, 0.4) is 0 Å². The second-order valence-corrected chi connectivity index (χ2v) is 7.49. The fourth-order valence-corrected chi connectivity index (χ4v) is 3.58. The Morgan fingerprint density at radius 3 is 2.59 bits per heavy atom. The Bertz CT molecular complexity index is 986. The van der Waals surface area contributed by atoms with Crippen molar-refractivity contribution in [2.24, 2.45) is 0 Å². The van der Waals surface area contributed by atoms with E-state index in [1.165, 1.54) is 11.3 Å². The van der Waals surface area contributed by atoms with Crippen molar-refractivity contribution in [1.29, 1.82) is 0 Å². The van der Waals surface area contributed by atoms with Gasteiger partial charge in [-0.2, -0.15) is 0 Å². The van der Waals surface area contributed by atoms with Crippen LogP contribution < -0.4 is 5.32 Å². The molecule has 1 aromatic heterocycles. The largest absolute Gasteiger partial charge is 0.451 e. The lowest BCUT2D eigenvalue weighted by molar-refractivity contribution is -0.119. The van der Waals surface area contributed by atoms with E-state index in [-0.39, 0.29) is 0 Å². The number of amides is 1. The number of thiazole rings is 1. The zero-order valence-corrected chi connectivity index (χ0v) is 16.4. The first-order valence-corrected chi connectivity index (χ1v) is 9.39. The third-order valence-corrected chi connectivity index (χ3v) is 4.96. The summed E-state index contributed by atoms with van der Waals surface area (Å²) in [5.74, 6) is -1.04. The van der Waals surface area contributed by atoms with E-state index in [0.29, 0.717) is 21.3 Å². The van der Waals surface area contributed by atoms with Gasteiger partial charge < -0.3 is 10.1 Å². The molecule has 3 aromatic rings. The maximum absolute atomic E-state index is 12.5. The minimum absolute atomic E-state index is 0.375. The number of rotatable bonds is 5. The van der Waals surface area contributed by atoms with Crippen LogP contribution in [0.4, 0.5) is 5.69 Å². The molecule has 2 aromatic carbocycles. The monoisotopic (exact) mass is 400 g/mol. The van der Waals surface area contributed by atoms with E-state index in [9.17, 15) is 9.59 Å². The van der Waals surface area contributed by atoms with Crippen molar-refractivity contribution in [3.05, 3.63) is 69.0 Å². The first-order valence-electron chi connectivity index (χ1n) is 8.20. The van der Waals surface area contributed by atoms with Crippen LogP contribution in [-0.4, -0.2) is 23.5 Å². The van der Waals surface area contributed by atoms with Crippen molar-refractivity contribution in [2.45, 2.75) is 13.8 Å². The number of carbonyl (C=O) groups excluding carboxylic acids is 2. The van der Waals surface area contributed by atoms with Gasteiger partial charge in [0.25, 0.3) is 5.91 Å². The minimum Gasteiger partial charge on any atom is -0.451 e. The second kappa shape index (κ2) is 8.33. The van der Waals surface area contributed by atoms with Crippen molar-refractivity contribution in [3.8, 4) is 11.3 Å². The fourth-order valence-electron chi connectivity index (χ4n) is 2.46. The van der Waals surface area contributed by atoms with Crippen LogP contribution in [0.25, 0.3) is 11.3 Å². The molecule has 27 heavy (non-hydrogen) atoms. The number of esters is 1. The molecule has 3 rings (SSSR count). The molecule has 1 amide bonds. The van der Waals surface area contributed by atoms with Crippen LogP contribution in [0, 0.1) is 13.8 Å². The van der Waals surface area contributed by atoms with Crippen molar-refractivity contribution < 1.29 is 14.3 Å². The average molecular weight is 401 g/mol. The van der Waals surface area contributed by atoms with Gasteiger partial charge in [-0.25, -0.2) is 9.78 Å². The number of anilines is 1. The molecule has 138 valence electrons. The fraction of sp³-hybridized carbons (Fsp3) is 0.150. The smallest absolute Gasteiger partial charge is 0.351 e. The number of nitrogens with zero attached hydrogens (tertiary/aromatic N) is 1. The molecule has 1 heterocycles. The summed E-state index contributed by atoms with van der Waals surface area (Å²) >= 11 is 7.33. The molecule has 7 heteroatoms. The number of carbonyl (C=O) groups is 2. The molecule has 0 radical (unpaired) electrons. The molecule has 0 aliphatic rings. The maximum atomic E-state index is 12.5. The molecule has 5 nitrogen and oxygen atoms in total. The lowest BCUT2D eigenvalue weighted by Crippen LogP contribution is -2.21. The van der Waals surface area contributed by atoms with Gasteiger partial charge in [-0.3, -0.25) is 4.79 Å². The number of hydrogen-bond acceptors (Lipinski definition) is 5. The van der Waals surface area contributed by atoms with Gasteiger partial charge in [0.1, 0.15) is 4.88 Å². The predicted octanol–water partition coefficient (Wildman–Crippen LogP) is 4.88. The predicted molar refractivity (Wildman–Crippen MR) is 107 cm³/mol. The van der Waals surface area contributed by atoms with Crippen molar-refractivity contribution in [3.63, 3.8) is 0 Å². The summed E-state index contributed by atoms with van der Waals surface area (Å²) in [5, 5.41) is 3.81. The van der Waals surface area contributed by atoms with Crippen LogP contribution in [0.5, 0.6) is 0 Å². The zero-order chi connectivity index (χ0) is 19.4. The van der Waals surface area contributed by atoms with Crippen molar-refractivity contribution in [1.82, 2.24) is 4.98 Å². The molecule has 0 atom stereocenters. The SMILES string of the molecule is Cc1ccc(NC(=O)COC(=O)c2sc(C)nc2-c2ccccc2)c(Cl)c1. The quantitative estimate of drug-likeness (QED) is 0.620. The third kappa shape index (κ3) is 4.72. The minimum atomic E-state index is -0.579. The molecule has 0 unspecified atom stereocenters. The summed E-state index contributed by atoms with van der Waals surface area (Å²) in [4.78, 5) is 29.3. The van der Waals surface area contributed by atoms with E-state index >= 15 is 0 Å². The van der Waals surface area contributed by atoms with Gasteiger partial charge >= 0.3 is 5.97 Å². The highest BCUT2D eigenvalue weighted by atomic mass is 35.5. The summed E-state index contributed by atoms with van der Waals surface area (Å²) in [5.41, 5.74) is 2.84. The van der Waals surface area contributed by atoms with Gasteiger partial charge in [-0.15, -0.1) is 11.3 Å². The molecule has 0 spiro atoms. The Morgan fingerprint density at radius 1 is 1.15 bits per heavy atom. The average Bonchev–Trinajstić information content (AvgIpc) is 3.05. The van der Waals surface area contributed by atoms with Gasteiger partial charge in [0, 0.05) is 5.56 Å². The Hall–Kier alpha value is -2.70. The van der Waals surface area contributed by atoms with Crippen molar-refractivity contribution >= 4 is 40.5 Å². The standard InChI is InChI=1S/C20H17ClN2O3S/c1-12-8-9-16(15(21)10-12)23-17(24)11-26-20(25)19-18(22-13(2)27-19)14-6-4-3-5-7-14/h3-10H,11H2,1-2H3,(H,23,24). The van der Waals surface area contributed by atoms with Gasteiger partial charge in [-0.1, -0.05) is 48.0 Å². The normalized spacial score (nSPS) is 10.5. The van der Waals surface area contributed by atoms with Crippen LogP contribution in [0.1, 0.15) is 20.2 Å². The van der Waals surface area contributed by atoms with Gasteiger partial charge in [-0.05, 0) is 31.5 Å². The summed E-state index contributed by atoms with van der Waals surface area (Å²) in [6, 6.07) is 14.7. The highest BCUT2D eigenvalue weighted by molar-refractivity contribution is 7.14. The number of hydrogen-bond donors (Lipinski definition) is 1. The van der Waals surface area contributed by atoms with Crippen LogP contribution >= 0.6 is 22.9 Å². The number of aromatic nitrogens is 1. The van der Waals surface area contributed by atoms with E-state index in [1.807, 2.05) is 50.2 Å². The Balaban J connectivity index is 1.67. The van der Waals surface area contributed by atoms with Crippen LogP contribution in [0.2, 0.25) is 5.02 Å². The van der Waals surface area contributed by atoms with E-state index in [2.05, 4.69) is 10.3 Å². The van der Waals surface area contributed by atoms with Gasteiger partial charge in [0.05, 0.1) is 21.4 Å². The molecule has 0 saturated heterocycles. The number of ether oxygens (including phenoxy) is 1. The van der Waals surface area contributed by atoms with E-state index in [1.54, 1.807) is 12.1 Å². The number of nitrogens with one attached hydrogen (secondary N) is 1. The van der Waals surface area contributed by atoms with Crippen LogP contribution in [-0.2, 0) is 9.53 Å². The van der Waals surface area contributed by atoms with E-state index in [4.69, 9.17) is 16.3 Å². The molecule has 0 aliphatic carbocycles. The number of halogens is 1. The number of aryl methyl sites for hydroxylation is 2. The molecule has 1 N–H and O–H groups in total. The lowest BCUT2D eigenvalue weighted by Gasteiger charge is -2.08. The summed E-state index contributed by atoms with van der Waals surface area (Å²) < 4.78 is 5.18. The van der Waals surface area contributed by atoms with Gasteiger partial charge in [0.2, 0.25) is 0 Å². The summed E-state index contributed by atoms with van der Waals surface area (Å²) in [7, 11) is 0. The maximum Gasteiger partial charge on any atom is 0.351 e. The Morgan fingerprint density at radius 2 is 1.89 bits per heavy atom. The highest BCUT2D eigenvalue weighted by Crippen LogP contribution is 2.28. The van der Waals surface area contributed by atoms with Crippen LogP contribution in [0.15, 0.2) is 48.5 Å². The molecule has 0 aliphatic heterocycles. The number of benzene rings is 2. The topological polar surface area (TPSA) is 68.3 Å². The second-order valence-electron chi connectivity index (χ2n) is 5.88. The summed E-state index contributed by atoms with van der Waals surface area (Å²) in [6.07, 6.45) is 0. The molecular weight excluding hydrogens is 384 g/mol. The first kappa shape index (κ1) is 19.1. The molecule has 0 bridgehead atoms. The molecule has 0 fully saturated rings. The summed E-state index contributed by atoms with van der Waals surface area (Å²) in [6.45, 7) is 3.31. The van der Waals surface area contributed by atoms with E-state index < -0.39 is 18.5 Å². The first-order chi connectivity index (χ1) is 12.9. The third-order valence-electron chi connectivity index (χ3n) is 3.70. The lowest BCUT2D eigenvalue weighted by atomic mass is 10.1. The molecular formula is C20H17ClN2O3S. The Labute approximate surface area is 166 Å². The van der Waals surface area contributed by atoms with Crippen molar-refractivity contribution in [2.75, 3.05) is 11.9 Å². The van der Waals surface area contributed by atoms with E-state index in [0.717, 1.165) is 16.1 Å². The molecule has 0 saturated carbocycles. The zero-order valence-electron chi connectivity index (χ0n) is 14.8. The Kier molecular flexibility index (Phi) is 5.88. The highest BCUT2D eigenvalue weighted by Gasteiger charge is 2.20. The van der Waals surface area contributed by atoms with Gasteiger partial charge in [0.15, 0.2) is 6.61 Å².